The fourth-order valence-corrected chi connectivity index (χ4v) is 4.09. The van der Waals surface area contributed by atoms with E-state index >= 15 is 0 Å². The zero-order valence-electron chi connectivity index (χ0n) is 20.5. The summed E-state index contributed by atoms with van der Waals surface area (Å²) in [5.41, 5.74) is -2.81. The molecule has 0 atom stereocenters. The molecule has 0 aliphatic rings. The molecule has 0 amide bonds. The third kappa shape index (κ3) is 5.78. The van der Waals surface area contributed by atoms with E-state index < -0.39 is 58.2 Å². The summed E-state index contributed by atoms with van der Waals surface area (Å²) in [4.78, 5) is 0. The second-order valence-corrected chi connectivity index (χ2v) is 8.80. The van der Waals surface area contributed by atoms with E-state index in [0.29, 0.717) is 24.0 Å². The molecule has 0 N–H and O–H groups in total. The van der Waals surface area contributed by atoms with Gasteiger partial charge in [-0.3, -0.25) is 0 Å². The van der Waals surface area contributed by atoms with Crippen molar-refractivity contribution in [2.75, 3.05) is 0 Å². The lowest BCUT2D eigenvalue weighted by atomic mass is 9.98. The van der Waals surface area contributed by atoms with E-state index in [9.17, 15) is 43.9 Å². The SMILES string of the molecule is CCCc1ccc(-c2ccc(-c3ccc(OC(F)(F)c4cc(F)c(C(F)(F)F)c(F)c4)c(F)c3)cc2)c(F)c1F. The van der Waals surface area contributed by atoms with Crippen LogP contribution >= 0.6 is 0 Å². The van der Waals surface area contributed by atoms with Gasteiger partial charge in [-0.05, 0) is 52.9 Å². The number of aryl methyl sites for hydroxylation is 1. The summed E-state index contributed by atoms with van der Waals surface area (Å²) < 4.78 is 143. The fourth-order valence-electron chi connectivity index (χ4n) is 4.09. The molecule has 0 aliphatic heterocycles. The highest BCUT2D eigenvalue weighted by Gasteiger charge is 2.42. The van der Waals surface area contributed by atoms with E-state index in [1.54, 1.807) is 0 Å². The molecule has 0 unspecified atom stereocenters. The van der Waals surface area contributed by atoms with Crippen molar-refractivity contribution < 1.29 is 48.6 Å². The minimum absolute atomic E-state index is 0.0113. The number of alkyl halides is 5. The number of benzene rings is 4. The summed E-state index contributed by atoms with van der Waals surface area (Å²) in [6, 6.07) is 11.1. The van der Waals surface area contributed by atoms with E-state index in [0.717, 1.165) is 12.1 Å². The highest BCUT2D eigenvalue weighted by atomic mass is 19.4. The molecule has 4 aromatic carbocycles. The van der Waals surface area contributed by atoms with E-state index in [1.807, 2.05) is 6.92 Å². The van der Waals surface area contributed by atoms with Crippen LogP contribution in [0.25, 0.3) is 22.3 Å². The standard InChI is InChI=1S/C29H18F10O/c1-2-3-17-8-10-20(27(34)26(17)33)16-6-4-15(5-7-16)18-9-11-24(21(30)12-18)40-29(38,39)19-13-22(31)25(23(32)14-19)28(35,36)37/h4-14H,2-3H2,1H3. The molecule has 4 rings (SSSR count). The van der Waals surface area contributed by atoms with Gasteiger partial charge in [-0.1, -0.05) is 55.8 Å². The molecule has 0 radical (unpaired) electrons. The minimum atomic E-state index is -5.47. The zero-order chi connectivity index (χ0) is 29.4. The number of rotatable bonds is 7. The van der Waals surface area contributed by atoms with Crippen LogP contribution in [0.4, 0.5) is 43.9 Å². The smallest absolute Gasteiger partial charge is 0.426 e. The molecule has 0 saturated heterocycles. The molecular weight excluding hydrogens is 554 g/mol. The monoisotopic (exact) mass is 572 g/mol. The van der Waals surface area contributed by atoms with Crippen molar-refractivity contribution >= 4 is 0 Å². The van der Waals surface area contributed by atoms with Crippen LogP contribution in [-0.2, 0) is 18.7 Å². The van der Waals surface area contributed by atoms with Gasteiger partial charge >= 0.3 is 12.3 Å². The predicted molar refractivity (Wildman–Crippen MR) is 127 cm³/mol. The van der Waals surface area contributed by atoms with Crippen LogP contribution in [0, 0.1) is 29.1 Å². The first-order chi connectivity index (χ1) is 18.7. The Morgan fingerprint density at radius 3 is 1.75 bits per heavy atom. The molecule has 0 bridgehead atoms. The Bertz CT molecular complexity index is 1520. The van der Waals surface area contributed by atoms with Gasteiger partial charge < -0.3 is 4.74 Å². The molecule has 210 valence electrons. The second-order valence-electron chi connectivity index (χ2n) is 8.80. The maximum atomic E-state index is 14.7. The topological polar surface area (TPSA) is 9.23 Å². The van der Waals surface area contributed by atoms with E-state index in [1.165, 1.54) is 42.5 Å². The highest BCUT2D eigenvalue weighted by Crippen LogP contribution is 2.39. The maximum Gasteiger partial charge on any atom is 0.427 e. The van der Waals surface area contributed by atoms with Crippen LogP contribution in [0.1, 0.15) is 30.0 Å². The second kappa shape index (κ2) is 10.9. The van der Waals surface area contributed by atoms with E-state index in [-0.39, 0.29) is 28.8 Å². The lowest BCUT2D eigenvalue weighted by molar-refractivity contribution is -0.187. The molecular formula is C29H18F10O. The van der Waals surface area contributed by atoms with Gasteiger partial charge in [0, 0.05) is 5.56 Å². The van der Waals surface area contributed by atoms with Crippen molar-refractivity contribution in [1.82, 2.24) is 0 Å². The van der Waals surface area contributed by atoms with Crippen molar-refractivity contribution in [2.45, 2.75) is 32.1 Å². The molecule has 0 heterocycles. The molecule has 0 fully saturated rings. The molecule has 40 heavy (non-hydrogen) atoms. The summed E-state index contributed by atoms with van der Waals surface area (Å²) in [6.45, 7) is 1.83. The predicted octanol–water partition coefficient (Wildman–Crippen LogP) is 9.82. The molecule has 0 aliphatic carbocycles. The Morgan fingerprint density at radius 2 is 1.20 bits per heavy atom. The third-order valence-corrected chi connectivity index (χ3v) is 6.04. The Hall–Kier alpha value is -4.02. The Kier molecular flexibility index (Phi) is 7.87. The zero-order valence-corrected chi connectivity index (χ0v) is 20.5. The van der Waals surface area contributed by atoms with Gasteiger partial charge in [0.15, 0.2) is 23.2 Å². The summed E-state index contributed by atoms with van der Waals surface area (Å²) >= 11 is 0. The molecule has 4 aromatic rings. The third-order valence-electron chi connectivity index (χ3n) is 6.04. The first kappa shape index (κ1) is 29.0. The minimum Gasteiger partial charge on any atom is -0.426 e. The van der Waals surface area contributed by atoms with Crippen LogP contribution in [0.3, 0.4) is 0 Å². The van der Waals surface area contributed by atoms with Crippen LogP contribution in [0.2, 0.25) is 0 Å². The van der Waals surface area contributed by atoms with Gasteiger partial charge in [0.1, 0.15) is 17.2 Å². The van der Waals surface area contributed by atoms with Crippen LogP contribution < -0.4 is 4.74 Å². The maximum absolute atomic E-state index is 14.7. The number of halogens is 10. The Labute approximate surface area is 221 Å². The Balaban J connectivity index is 1.56. The lowest BCUT2D eigenvalue weighted by Crippen LogP contribution is -2.24. The van der Waals surface area contributed by atoms with Crippen molar-refractivity contribution in [3.63, 3.8) is 0 Å². The quantitative estimate of drug-likeness (QED) is 0.200. The molecule has 1 nitrogen and oxygen atoms in total. The van der Waals surface area contributed by atoms with E-state index in [2.05, 4.69) is 4.74 Å². The van der Waals surface area contributed by atoms with Crippen LogP contribution in [0.5, 0.6) is 5.75 Å². The fraction of sp³-hybridized carbons (Fsp3) is 0.172. The van der Waals surface area contributed by atoms with Crippen molar-refractivity contribution in [3.8, 4) is 28.0 Å². The average Bonchev–Trinajstić information content (AvgIpc) is 2.87. The number of hydrogen-bond donors (Lipinski definition) is 0. The summed E-state index contributed by atoms with van der Waals surface area (Å²) in [7, 11) is 0. The van der Waals surface area contributed by atoms with Crippen molar-refractivity contribution in [2.24, 2.45) is 0 Å². The van der Waals surface area contributed by atoms with Gasteiger partial charge in [0.05, 0.1) is 5.56 Å². The van der Waals surface area contributed by atoms with Crippen molar-refractivity contribution in [1.29, 1.82) is 0 Å². The van der Waals surface area contributed by atoms with Gasteiger partial charge in [0.2, 0.25) is 0 Å². The lowest BCUT2D eigenvalue weighted by Gasteiger charge is -2.20. The molecule has 0 aromatic heterocycles. The Morgan fingerprint density at radius 1 is 0.625 bits per heavy atom. The average molecular weight is 572 g/mol. The molecule has 11 heteroatoms. The summed E-state index contributed by atoms with van der Waals surface area (Å²) in [5, 5.41) is 0. The molecule has 0 saturated carbocycles. The van der Waals surface area contributed by atoms with Crippen molar-refractivity contribution in [3.05, 3.63) is 113 Å². The number of ether oxygens (including phenoxy) is 1. The molecule has 0 spiro atoms. The van der Waals surface area contributed by atoms with Gasteiger partial charge in [-0.2, -0.15) is 22.0 Å². The van der Waals surface area contributed by atoms with Gasteiger partial charge in [0.25, 0.3) is 0 Å². The van der Waals surface area contributed by atoms with Crippen LogP contribution in [-0.4, -0.2) is 0 Å². The highest BCUT2D eigenvalue weighted by molar-refractivity contribution is 5.71. The summed E-state index contributed by atoms with van der Waals surface area (Å²) in [5.74, 6) is -8.89. The first-order valence-corrected chi connectivity index (χ1v) is 11.7. The largest absolute Gasteiger partial charge is 0.427 e. The normalized spacial score (nSPS) is 12.1. The number of hydrogen-bond acceptors (Lipinski definition) is 1. The van der Waals surface area contributed by atoms with Crippen LogP contribution in [0.15, 0.2) is 66.7 Å². The van der Waals surface area contributed by atoms with E-state index in [4.69, 9.17) is 0 Å². The van der Waals surface area contributed by atoms with Gasteiger partial charge in [-0.25, -0.2) is 22.0 Å². The first-order valence-electron chi connectivity index (χ1n) is 11.7. The van der Waals surface area contributed by atoms with Gasteiger partial charge in [-0.15, -0.1) is 0 Å². The summed E-state index contributed by atoms with van der Waals surface area (Å²) in [6.07, 6.45) is -9.06.